The Morgan fingerprint density at radius 3 is 2.35 bits per heavy atom. The Morgan fingerprint density at radius 1 is 0.971 bits per heavy atom. The molecule has 2 fully saturated rings. The highest BCUT2D eigenvalue weighted by Crippen LogP contribution is 2.22. The van der Waals surface area contributed by atoms with Crippen molar-refractivity contribution in [2.45, 2.75) is 38.8 Å². The molecule has 0 aliphatic carbocycles. The normalized spacial score (nSPS) is 21.5. The van der Waals surface area contributed by atoms with Crippen LogP contribution in [0.15, 0.2) is 54.6 Å². The lowest BCUT2D eigenvalue weighted by atomic mass is 9.93. The lowest BCUT2D eigenvalue weighted by Gasteiger charge is -2.34. The maximum Gasteiger partial charge on any atom is 0.344 e. The van der Waals surface area contributed by atoms with Crippen LogP contribution in [-0.4, -0.2) is 70.9 Å². The van der Waals surface area contributed by atoms with Crippen LogP contribution >= 0.6 is 0 Å². The SMILES string of the molecule is Cc1cccc(CN2CCN(CC(=O)NN3C(=O)NC(C)(CCc4ccccc4)C3=O)CC2)c1. The maximum absolute atomic E-state index is 12.9. The second kappa shape index (κ2) is 10.4. The molecule has 0 spiro atoms. The summed E-state index contributed by atoms with van der Waals surface area (Å²) in [6, 6.07) is 17.7. The zero-order valence-electron chi connectivity index (χ0n) is 19.9. The number of carbonyl (C=O) groups excluding carboxylic acids is 3. The van der Waals surface area contributed by atoms with Gasteiger partial charge >= 0.3 is 6.03 Å². The van der Waals surface area contributed by atoms with Gasteiger partial charge < -0.3 is 5.32 Å². The van der Waals surface area contributed by atoms with Crippen LogP contribution in [0.3, 0.4) is 0 Å². The molecule has 1 atom stereocenters. The van der Waals surface area contributed by atoms with Crippen molar-refractivity contribution < 1.29 is 14.4 Å². The summed E-state index contributed by atoms with van der Waals surface area (Å²) in [5.74, 6) is -0.785. The third-order valence-electron chi connectivity index (χ3n) is 6.57. The Kier molecular flexibility index (Phi) is 7.29. The summed E-state index contributed by atoms with van der Waals surface area (Å²) < 4.78 is 0. The van der Waals surface area contributed by atoms with E-state index in [0.29, 0.717) is 12.8 Å². The van der Waals surface area contributed by atoms with Crippen molar-refractivity contribution in [1.82, 2.24) is 25.6 Å². The summed E-state index contributed by atoms with van der Waals surface area (Å²) in [7, 11) is 0. The number of rotatable bonds is 8. The summed E-state index contributed by atoms with van der Waals surface area (Å²) >= 11 is 0. The van der Waals surface area contributed by atoms with Gasteiger partial charge in [0, 0.05) is 32.7 Å². The minimum atomic E-state index is -1.04. The molecule has 8 nitrogen and oxygen atoms in total. The second-order valence-corrected chi connectivity index (χ2v) is 9.46. The number of nitrogens with one attached hydrogen (secondary N) is 2. The lowest BCUT2D eigenvalue weighted by Crippen LogP contribution is -2.53. The van der Waals surface area contributed by atoms with Gasteiger partial charge in [0.05, 0.1) is 6.54 Å². The van der Waals surface area contributed by atoms with Gasteiger partial charge in [-0.2, -0.15) is 5.01 Å². The van der Waals surface area contributed by atoms with E-state index in [1.165, 1.54) is 11.1 Å². The first-order chi connectivity index (χ1) is 16.3. The number of benzene rings is 2. The number of hydrogen-bond donors (Lipinski definition) is 2. The van der Waals surface area contributed by atoms with Crippen molar-refractivity contribution in [3.8, 4) is 0 Å². The van der Waals surface area contributed by atoms with Crippen molar-refractivity contribution in [2.24, 2.45) is 0 Å². The van der Waals surface area contributed by atoms with Crippen molar-refractivity contribution in [3.63, 3.8) is 0 Å². The first-order valence-electron chi connectivity index (χ1n) is 11.8. The number of urea groups is 1. The van der Waals surface area contributed by atoms with Crippen LogP contribution in [0.25, 0.3) is 0 Å². The van der Waals surface area contributed by atoms with Crippen LogP contribution < -0.4 is 10.7 Å². The molecule has 4 rings (SSSR count). The largest absolute Gasteiger partial charge is 0.344 e. The van der Waals surface area contributed by atoms with E-state index in [2.05, 4.69) is 51.7 Å². The molecule has 0 radical (unpaired) electrons. The number of aryl methyl sites for hydroxylation is 2. The first kappa shape index (κ1) is 23.9. The van der Waals surface area contributed by atoms with E-state index in [1.54, 1.807) is 6.92 Å². The monoisotopic (exact) mass is 463 g/mol. The number of nitrogens with zero attached hydrogens (tertiary/aromatic N) is 3. The Morgan fingerprint density at radius 2 is 1.65 bits per heavy atom. The van der Waals surface area contributed by atoms with Gasteiger partial charge in [-0.05, 0) is 37.8 Å². The molecular weight excluding hydrogens is 430 g/mol. The zero-order valence-corrected chi connectivity index (χ0v) is 19.9. The van der Waals surface area contributed by atoms with Gasteiger partial charge in [-0.15, -0.1) is 0 Å². The third-order valence-corrected chi connectivity index (χ3v) is 6.57. The van der Waals surface area contributed by atoms with Crippen LogP contribution in [0.1, 0.15) is 30.0 Å². The molecule has 0 saturated carbocycles. The van der Waals surface area contributed by atoms with Crippen LogP contribution in [0.5, 0.6) is 0 Å². The van der Waals surface area contributed by atoms with Crippen LogP contribution in [0, 0.1) is 6.92 Å². The number of piperazine rings is 1. The van der Waals surface area contributed by atoms with Crippen molar-refractivity contribution >= 4 is 17.8 Å². The fraction of sp³-hybridized carbons (Fsp3) is 0.423. The van der Waals surface area contributed by atoms with E-state index >= 15 is 0 Å². The van der Waals surface area contributed by atoms with E-state index < -0.39 is 17.5 Å². The topological polar surface area (TPSA) is 85.0 Å². The fourth-order valence-corrected chi connectivity index (χ4v) is 4.53. The Labute approximate surface area is 200 Å². The summed E-state index contributed by atoms with van der Waals surface area (Å²) in [5, 5.41) is 3.58. The highest BCUT2D eigenvalue weighted by atomic mass is 16.2. The maximum atomic E-state index is 12.9. The van der Waals surface area contributed by atoms with E-state index in [0.717, 1.165) is 43.3 Å². The smallest absolute Gasteiger partial charge is 0.322 e. The van der Waals surface area contributed by atoms with Gasteiger partial charge in [0.15, 0.2) is 0 Å². The Balaban J connectivity index is 1.23. The molecule has 0 aromatic heterocycles. The van der Waals surface area contributed by atoms with E-state index in [9.17, 15) is 14.4 Å². The molecule has 2 aromatic carbocycles. The van der Waals surface area contributed by atoms with Crippen LogP contribution in [-0.2, 0) is 22.6 Å². The number of hydrogen-bond acceptors (Lipinski definition) is 5. The van der Waals surface area contributed by atoms with Crippen molar-refractivity contribution in [2.75, 3.05) is 32.7 Å². The number of carbonyl (C=O) groups is 3. The minimum absolute atomic E-state index is 0.149. The second-order valence-electron chi connectivity index (χ2n) is 9.46. The Hall–Kier alpha value is -3.23. The molecule has 2 aliphatic rings. The van der Waals surface area contributed by atoms with Crippen molar-refractivity contribution in [1.29, 1.82) is 0 Å². The van der Waals surface area contributed by atoms with Gasteiger partial charge in [0.2, 0.25) is 0 Å². The summed E-state index contributed by atoms with van der Waals surface area (Å²) in [6.07, 6.45) is 1.11. The average Bonchev–Trinajstić information content (AvgIpc) is 3.03. The minimum Gasteiger partial charge on any atom is -0.322 e. The van der Waals surface area contributed by atoms with Gasteiger partial charge in [0.25, 0.3) is 11.8 Å². The van der Waals surface area contributed by atoms with Gasteiger partial charge in [0.1, 0.15) is 5.54 Å². The number of imide groups is 1. The van der Waals surface area contributed by atoms with Crippen LogP contribution in [0.2, 0.25) is 0 Å². The average molecular weight is 464 g/mol. The highest BCUT2D eigenvalue weighted by molar-refractivity contribution is 6.07. The summed E-state index contributed by atoms with van der Waals surface area (Å²) in [6.45, 7) is 8.08. The molecule has 34 heavy (non-hydrogen) atoms. The van der Waals surface area contributed by atoms with E-state index in [-0.39, 0.29) is 12.5 Å². The molecule has 2 heterocycles. The highest BCUT2D eigenvalue weighted by Gasteiger charge is 2.48. The number of hydrazine groups is 1. The molecule has 2 N–H and O–H groups in total. The summed E-state index contributed by atoms with van der Waals surface area (Å²) in [5.41, 5.74) is 5.11. The van der Waals surface area contributed by atoms with Gasteiger partial charge in [-0.25, -0.2) is 4.79 Å². The van der Waals surface area contributed by atoms with Gasteiger partial charge in [-0.3, -0.25) is 24.8 Å². The molecule has 1 unspecified atom stereocenters. The predicted octanol–water partition coefficient (Wildman–Crippen LogP) is 2.09. The molecular formula is C26H33N5O3. The lowest BCUT2D eigenvalue weighted by molar-refractivity contribution is -0.139. The fourth-order valence-electron chi connectivity index (χ4n) is 4.53. The van der Waals surface area contributed by atoms with E-state index in [1.807, 2.05) is 30.3 Å². The van der Waals surface area contributed by atoms with Crippen molar-refractivity contribution in [3.05, 3.63) is 71.3 Å². The standard InChI is InChI=1S/C26H33N5O3/c1-20-7-6-10-22(17-20)18-29-13-15-30(16-14-29)19-23(32)28-31-24(33)26(2,27-25(31)34)12-11-21-8-4-3-5-9-21/h3-10,17H,11-16,18-19H2,1-2H3,(H,27,34)(H,28,32). The quantitative estimate of drug-likeness (QED) is 0.586. The molecule has 8 heteroatoms. The summed E-state index contributed by atoms with van der Waals surface area (Å²) in [4.78, 5) is 42.4. The van der Waals surface area contributed by atoms with Gasteiger partial charge in [-0.1, -0.05) is 60.2 Å². The molecule has 2 saturated heterocycles. The van der Waals surface area contributed by atoms with E-state index in [4.69, 9.17) is 0 Å². The molecule has 180 valence electrons. The Bertz CT molecular complexity index is 1040. The molecule has 4 amide bonds. The molecule has 0 bridgehead atoms. The predicted molar refractivity (Wildman–Crippen MR) is 130 cm³/mol. The first-order valence-corrected chi connectivity index (χ1v) is 11.8. The van der Waals surface area contributed by atoms with Crippen LogP contribution in [0.4, 0.5) is 4.79 Å². The molecule has 2 aliphatic heterocycles. The third kappa shape index (κ3) is 5.81. The molecule has 2 aromatic rings. The zero-order chi connectivity index (χ0) is 24.1. The number of amides is 4.